The molecule has 7 heteroatoms. The number of amides is 1. The summed E-state index contributed by atoms with van der Waals surface area (Å²) in [5, 5.41) is 14.3. The van der Waals surface area contributed by atoms with Crippen molar-refractivity contribution in [2.45, 2.75) is 44.8 Å². The van der Waals surface area contributed by atoms with Crippen LogP contribution in [0.25, 0.3) is 11.0 Å². The quantitative estimate of drug-likeness (QED) is 0.860. The number of aliphatic hydroxyl groups is 1. The van der Waals surface area contributed by atoms with Crippen molar-refractivity contribution in [3.63, 3.8) is 0 Å². The zero-order valence-corrected chi connectivity index (χ0v) is 15.8. The predicted molar refractivity (Wildman–Crippen MR) is 102 cm³/mol. The first-order valence-corrected chi connectivity index (χ1v) is 9.43. The van der Waals surface area contributed by atoms with E-state index >= 15 is 0 Å². The van der Waals surface area contributed by atoms with E-state index in [9.17, 15) is 9.90 Å². The third kappa shape index (κ3) is 3.23. The van der Waals surface area contributed by atoms with Crippen LogP contribution in [0.3, 0.4) is 0 Å². The Labute approximate surface area is 157 Å². The lowest BCUT2D eigenvalue weighted by Gasteiger charge is -2.42. The van der Waals surface area contributed by atoms with Crippen molar-refractivity contribution in [1.29, 1.82) is 0 Å². The molecule has 6 nitrogen and oxygen atoms in total. The van der Waals surface area contributed by atoms with Gasteiger partial charge in [-0.05, 0) is 51.2 Å². The summed E-state index contributed by atoms with van der Waals surface area (Å²) in [4.78, 5) is 23.5. The van der Waals surface area contributed by atoms with Gasteiger partial charge in [-0.2, -0.15) is 0 Å². The van der Waals surface area contributed by atoms with Crippen LogP contribution in [0.5, 0.6) is 0 Å². The van der Waals surface area contributed by atoms with Crippen LogP contribution in [-0.2, 0) is 0 Å². The number of anilines is 1. The minimum absolute atomic E-state index is 0.102. The molecule has 0 unspecified atom stereocenters. The van der Waals surface area contributed by atoms with Crippen molar-refractivity contribution in [2.75, 3.05) is 18.0 Å². The van der Waals surface area contributed by atoms with Gasteiger partial charge in [-0.15, -0.1) is 0 Å². The SMILES string of the molecule is CC(C)(O)C1CC(NC(=O)c2cnc3nc(N4CCC4)c(Cl)cc3c2)C1. The maximum Gasteiger partial charge on any atom is 0.253 e. The largest absolute Gasteiger partial charge is 0.390 e. The number of carbonyl (C=O) groups excluding carboxylic acids is 1. The number of rotatable bonds is 4. The zero-order chi connectivity index (χ0) is 18.5. The summed E-state index contributed by atoms with van der Waals surface area (Å²) in [5.41, 5.74) is 0.403. The van der Waals surface area contributed by atoms with Crippen molar-refractivity contribution in [1.82, 2.24) is 15.3 Å². The van der Waals surface area contributed by atoms with E-state index in [0.29, 0.717) is 16.2 Å². The van der Waals surface area contributed by atoms with Crippen molar-refractivity contribution < 1.29 is 9.90 Å². The maximum atomic E-state index is 12.5. The zero-order valence-electron chi connectivity index (χ0n) is 15.0. The normalized spacial score (nSPS) is 22.7. The van der Waals surface area contributed by atoms with Crippen LogP contribution < -0.4 is 10.2 Å². The van der Waals surface area contributed by atoms with Crippen LogP contribution >= 0.6 is 11.6 Å². The van der Waals surface area contributed by atoms with Crippen molar-refractivity contribution >= 4 is 34.4 Å². The van der Waals surface area contributed by atoms with Crippen LogP contribution in [0.4, 0.5) is 5.82 Å². The number of fused-ring (bicyclic) bond motifs is 1. The summed E-state index contributed by atoms with van der Waals surface area (Å²) in [5.74, 6) is 0.842. The Morgan fingerprint density at radius 1 is 1.35 bits per heavy atom. The third-order valence-electron chi connectivity index (χ3n) is 5.49. The van der Waals surface area contributed by atoms with Gasteiger partial charge in [-0.1, -0.05) is 11.6 Å². The monoisotopic (exact) mass is 374 g/mol. The van der Waals surface area contributed by atoms with Gasteiger partial charge in [-0.3, -0.25) is 4.79 Å². The Balaban J connectivity index is 1.48. The molecule has 1 saturated carbocycles. The van der Waals surface area contributed by atoms with E-state index in [2.05, 4.69) is 20.2 Å². The summed E-state index contributed by atoms with van der Waals surface area (Å²) in [6, 6.07) is 3.71. The van der Waals surface area contributed by atoms with Gasteiger partial charge in [0.15, 0.2) is 5.65 Å². The summed E-state index contributed by atoms with van der Waals surface area (Å²) >= 11 is 6.36. The molecule has 3 heterocycles. The van der Waals surface area contributed by atoms with Crippen LogP contribution in [0, 0.1) is 5.92 Å². The second kappa shape index (κ2) is 6.35. The van der Waals surface area contributed by atoms with Gasteiger partial charge >= 0.3 is 0 Å². The average molecular weight is 375 g/mol. The van der Waals surface area contributed by atoms with Gasteiger partial charge in [-0.25, -0.2) is 9.97 Å². The van der Waals surface area contributed by atoms with Gasteiger partial charge in [0.1, 0.15) is 5.82 Å². The molecule has 2 N–H and O–H groups in total. The molecule has 2 fully saturated rings. The number of carbonyl (C=O) groups is 1. The fourth-order valence-corrected chi connectivity index (χ4v) is 3.76. The molecule has 2 aliphatic rings. The second-order valence-electron chi connectivity index (χ2n) is 7.90. The Kier molecular flexibility index (Phi) is 4.28. The molecule has 2 aromatic heterocycles. The summed E-state index contributed by atoms with van der Waals surface area (Å²) in [6.07, 6.45) is 4.30. The number of aromatic nitrogens is 2. The molecule has 0 spiro atoms. The molecular weight excluding hydrogens is 352 g/mol. The minimum Gasteiger partial charge on any atom is -0.390 e. The molecular formula is C19H23ClN4O2. The van der Waals surface area contributed by atoms with Crippen molar-refractivity contribution in [2.24, 2.45) is 5.92 Å². The van der Waals surface area contributed by atoms with Gasteiger partial charge in [0, 0.05) is 30.7 Å². The topological polar surface area (TPSA) is 78.3 Å². The average Bonchev–Trinajstić information content (AvgIpc) is 2.47. The molecule has 4 rings (SSSR count). The molecule has 2 aromatic rings. The van der Waals surface area contributed by atoms with E-state index in [1.807, 2.05) is 19.9 Å². The number of pyridine rings is 2. The number of hydrogen-bond acceptors (Lipinski definition) is 5. The molecule has 26 heavy (non-hydrogen) atoms. The first-order valence-electron chi connectivity index (χ1n) is 9.06. The van der Waals surface area contributed by atoms with Gasteiger partial charge < -0.3 is 15.3 Å². The number of hydrogen-bond donors (Lipinski definition) is 2. The van der Waals surface area contributed by atoms with Gasteiger partial charge in [0.2, 0.25) is 0 Å². The highest BCUT2D eigenvalue weighted by atomic mass is 35.5. The first-order chi connectivity index (χ1) is 12.3. The molecule has 1 aliphatic heterocycles. The van der Waals surface area contributed by atoms with E-state index in [0.717, 1.165) is 43.6 Å². The summed E-state index contributed by atoms with van der Waals surface area (Å²) in [7, 11) is 0. The molecule has 0 radical (unpaired) electrons. The van der Waals surface area contributed by atoms with Gasteiger partial charge in [0.05, 0.1) is 16.2 Å². The Bertz CT molecular complexity index is 854. The number of nitrogens with zero attached hydrogens (tertiary/aromatic N) is 3. The fraction of sp³-hybridized carbons (Fsp3) is 0.526. The Morgan fingerprint density at radius 3 is 2.69 bits per heavy atom. The molecule has 0 aromatic carbocycles. The number of halogens is 1. The standard InChI is InChI=1S/C19H23ClN4O2/c1-19(2,26)13-8-14(9-13)22-18(25)12-6-11-7-15(20)17(24-4-3-5-24)23-16(11)21-10-12/h6-7,10,13-14,26H,3-5,8-9H2,1-2H3,(H,22,25). The highest BCUT2D eigenvalue weighted by Crippen LogP contribution is 2.36. The van der Waals surface area contributed by atoms with E-state index in [-0.39, 0.29) is 17.9 Å². The Hall–Kier alpha value is -1.92. The number of nitrogens with one attached hydrogen (secondary N) is 1. The van der Waals surface area contributed by atoms with E-state index in [1.165, 1.54) is 0 Å². The van der Waals surface area contributed by atoms with E-state index < -0.39 is 5.60 Å². The first kappa shape index (κ1) is 17.5. The van der Waals surface area contributed by atoms with Crippen molar-refractivity contribution in [3.8, 4) is 0 Å². The van der Waals surface area contributed by atoms with Crippen LogP contribution in [0.2, 0.25) is 5.02 Å². The van der Waals surface area contributed by atoms with Crippen LogP contribution in [0.15, 0.2) is 18.3 Å². The lowest BCUT2D eigenvalue weighted by Crippen LogP contribution is -2.50. The highest BCUT2D eigenvalue weighted by Gasteiger charge is 2.39. The molecule has 1 amide bonds. The maximum absolute atomic E-state index is 12.5. The molecule has 0 bridgehead atoms. The van der Waals surface area contributed by atoms with Crippen LogP contribution in [-0.4, -0.2) is 45.7 Å². The van der Waals surface area contributed by atoms with E-state index in [1.54, 1.807) is 12.3 Å². The molecule has 1 saturated heterocycles. The van der Waals surface area contributed by atoms with Gasteiger partial charge in [0.25, 0.3) is 5.91 Å². The van der Waals surface area contributed by atoms with E-state index in [4.69, 9.17) is 11.6 Å². The predicted octanol–water partition coefficient (Wildman–Crippen LogP) is 2.77. The third-order valence-corrected chi connectivity index (χ3v) is 5.77. The minimum atomic E-state index is -0.692. The van der Waals surface area contributed by atoms with Crippen molar-refractivity contribution in [3.05, 3.63) is 28.9 Å². The lowest BCUT2D eigenvalue weighted by atomic mass is 9.71. The second-order valence-corrected chi connectivity index (χ2v) is 8.30. The molecule has 0 atom stereocenters. The molecule has 1 aliphatic carbocycles. The molecule has 138 valence electrons. The Morgan fingerprint density at radius 2 is 2.08 bits per heavy atom. The smallest absolute Gasteiger partial charge is 0.253 e. The summed E-state index contributed by atoms with van der Waals surface area (Å²) < 4.78 is 0. The van der Waals surface area contributed by atoms with Crippen LogP contribution in [0.1, 0.15) is 43.5 Å². The summed E-state index contributed by atoms with van der Waals surface area (Å²) in [6.45, 7) is 5.56. The lowest BCUT2D eigenvalue weighted by molar-refractivity contribution is -0.0309. The fourth-order valence-electron chi connectivity index (χ4n) is 3.48. The highest BCUT2D eigenvalue weighted by molar-refractivity contribution is 6.33.